The summed E-state index contributed by atoms with van der Waals surface area (Å²) in [6.45, 7) is 3.64. The van der Waals surface area contributed by atoms with Crippen molar-refractivity contribution in [3.63, 3.8) is 0 Å². The zero-order chi connectivity index (χ0) is 13.7. The molecule has 0 spiro atoms. The Morgan fingerprint density at radius 2 is 1.83 bits per heavy atom. The third-order valence-corrected chi connectivity index (χ3v) is 2.77. The van der Waals surface area contributed by atoms with Crippen LogP contribution in [0.4, 0.5) is 0 Å². The highest BCUT2D eigenvalue weighted by Crippen LogP contribution is 2.14. The van der Waals surface area contributed by atoms with E-state index >= 15 is 0 Å². The summed E-state index contributed by atoms with van der Waals surface area (Å²) in [5, 5.41) is 0.317. The molecule has 0 heterocycles. The molecule has 1 atom stereocenters. The molecule has 0 aliphatic carbocycles. The molecule has 6 heteroatoms. The van der Waals surface area contributed by atoms with Crippen molar-refractivity contribution in [2.24, 2.45) is 11.7 Å². The molecular weight excluding hydrogens is 254 g/mol. The first-order valence-corrected chi connectivity index (χ1v) is 5.91. The van der Waals surface area contributed by atoms with E-state index in [1.807, 2.05) is 13.8 Å². The molecule has 0 aliphatic heterocycles. The van der Waals surface area contributed by atoms with E-state index in [0.29, 0.717) is 5.02 Å². The molecule has 0 aliphatic rings. The lowest BCUT2D eigenvalue weighted by molar-refractivity contribution is -0.124. The summed E-state index contributed by atoms with van der Waals surface area (Å²) in [5.41, 5.74) is 10.5. The van der Waals surface area contributed by atoms with E-state index in [2.05, 4.69) is 10.9 Å². The molecule has 98 valence electrons. The molecule has 1 aromatic carbocycles. The Balaban J connectivity index is 2.57. The highest BCUT2D eigenvalue weighted by molar-refractivity contribution is 6.33. The molecule has 2 amide bonds. The van der Waals surface area contributed by atoms with Crippen LogP contribution >= 0.6 is 11.6 Å². The predicted octanol–water partition coefficient (Wildman–Crippen LogP) is 1.08. The summed E-state index contributed by atoms with van der Waals surface area (Å²) < 4.78 is 0. The summed E-state index contributed by atoms with van der Waals surface area (Å²) in [6.07, 6.45) is 0. The summed E-state index contributed by atoms with van der Waals surface area (Å²) in [7, 11) is 0. The first-order valence-electron chi connectivity index (χ1n) is 5.53. The maximum atomic E-state index is 11.7. The number of halogens is 1. The van der Waals surface area contributed by atoms with E-state index in [-0.39, 0.29) is 11.5 Å². The van der Waals surface area contributed by atoms with Gasteiger partial charge in [-0.3, -0.25) is 20.4 Å². The number of rotatable bonds is 3. The van der Waals surface area contributed by atoms with Crippen LogP contribution in [0.15, 0.2) is 24.3 Å². The highest BCUT2D eigenvalue weighted by Gasteiger charge is 2.18. The number of carbonyl (C=O) groups is 2. The second kappa shape index (κ2) is 6.37. The van der Waals surface area contributed by atoms with Crippen molar-refractivity contribution in [3.8, 4) is 0 Å². The third kappa shape index (κ3) is 3.72. The van der Waals surface area contributed by atoms with E-state index in [9.17, 15) is 9.59 Å². The number of nitrogens with two attached hydrogens (primary N) is 1. The van der Waals surface area contributed by atoms with Crippen molar-refractivity contribution in [1.29, 1.82) is 0 Å². The largest absolute Gasteiger partial charge is 0.320 e. The molecule has 0 radical (unpaired) electrons. The molecule has 0 aromatic heterocycles. The van der Waals surface area contributed by atoms with E-state index in [1.165, 1.54) is 0 Å². The van der Waals surface area contributed by atoms with Gasteiger partial charge >= 0.3 is 0 Å². The summed E-state index contributed by atoms with van der Waals surface area (Å²) >= 11 is 5.85. The van der Waals surface area contributed by atoms with Crippen LogP contribution in [0.3, 0.4) is 0 Å². The zero-order valence-corrected chi connectivity index (χ0v) is 11.0. The number of amides is 2. The number of hydrogen-bond donors (Lipinski definition) is 3. The number of carbonyl (C=O) groups excluding carboxylic acids is 2. The minimum absolute atomic E-state index is 0.0118. The highest BCUT2D eigenvalue weighted by atomic mass is 35.5. The minimum Gasteiger partial charge on any atom is -0.320 e. The fourth-order valence-electron chi connectivity index (χ4n) is 1.22. The van der Waals surface area contributed by atoms with Crippen molar-refractivity contribution in [3.05, 3.63) is 34.9 Å². The van der Waals surface area contributed by atoms with Crippen LogP contribution in [-0.2, 0) is 4.79 Å². The maximum absolute atomic E-state index is 11.7. The Bertz CT molecular complexity index is 449. The Kier molecular flexibility index (Phi) is 5.12. The Labute approximate surface area is 111 Å². The van der Waals surface area contributed by atoms with Gasteiger partial charge < -0.3 is 5.73 Å². The predicted molar refractivity (Wildman–Crippen MR) is 69.9 cm³/mol. The van der Waals surface area contributed by atoms with Crippen molar-refractivity contribution in [2.75, 3.05) is 0 Å². The minimum atomic E-state index is -0.670. The van der Waals surface area contributed by atoms with Gasteiger partial charge in [-0.05, 0) is 18.1 Å². The van der Waals surface area contributed by atoms with Gasteiger partial charge in [0.25, 0.3) is 11.8 Å². The second-order valence-electron chi connectivity index (χ2n) is 4.19. The first-order chi connectivity index (χ1) is 8.43. The van der Waals surface area contributed by atoms with Gasteiger partial charge in [-0.2, -0.15) is 0 Å². The molecule has 0 saturated carbocycles. The molecule has 4 N–H and O–H groups in total. The van der Waals surface area contributed by atoms with Gasteiger partial charge in [0, 0.05) is 0 Å². The van der Waals surface area contributed by atoms with Crippen molar-refractivity contribution >= 4 is 23.4 Å². The third-order valence-electron chi connectivity index (χ3n) is 2.44. The smallest absolute Gasteiger partial charge is 0.271 e. The van der Waals surface area contributed by atoms with Gasteiger partial charge in [-0.15, -0.1) is 0 Å². The van der Waals surface area contributed by atoms with Crippen LogP contribution in [-0.4, -0.2) is 17.9 Å². The average molecular weight is 270 g/mol. The Morgan fingerprint density at radius 1 is 1.22 bits per heavy atom. The number of hydrogen-bond acceptors (Lipinski definition) is 3. The molecule has 1 unspecified atom stereocenters. The monoisotopic (exact) mass is 269 g/mol. The standard InChI is InChI=1S/C12H16ClN3O2/c1-7(2)10(14)12(18)16-15-11(17)8-5-3-4-6-9(8)13/h3-7,10H,14H2,1-2H3,(H,15,17)(H,16,18). The van der Waals surface area contributed by atoms with Crippen LogP contribution in [0.5, 0.6) is 0 Å². The Hall–Kier alpha value is -1.59. The Morgan fingerprint density at radius 3 is 2.39 bits per heavy atom. The topological polar surface area (TPSA) is 84.2 Å². The summed E-state index contributed by atoms with van der Waals surface area (Å²) in [5.74, 6) is -0.933. The quantitative estimate of drug-likeness (QED) is 0.718. The lowest BCUT2D eigenvalue weighted by Crippen LogP contribution is -2.51. The van der Waals surface area contributed by atoms with E-state index in [0.717, 1.165) is 0 Å². The SMILES string of the molecule is CC(C)C(N)C(=O)NNC(=O)c1ccccc1Cl. The van der Waals surface area contributed by atoms with Crippen molar-refractivity contribution in [1.82, 2.24) is 10.9 Å². The average Bonchev–Trinajstić information content (AvgIpc) is 2.35. The van der Waals surface area contributed by atoms with Crippen molar-refractivity contribution in [2.45, 2.75) is 19.9 Å². The van der Waals surface area contributed by atoms with E-state index in [4.69, 9.17) is 17.3 Å². The van der Waals surface area contributed by atoms with Crippen LogP contribution in [0, 0.1) is 5.92 Å². The first kappa shape index (κ1) is 14.5. The maximum Gasteiger partial charge on any atom is 0.271 e. The molecule has 18 heavy (non-hydrogen) atoms. The molecule has 0 fully saturated rings. The molecule has 0 bridgehead atoms. The fraction of sp³-hybridized carbons (Fsp3) is 0.333. The second-order valence-corrected chi connectivity index (χ2v) is 4.60. The zero-order valence-electron chi connectivity index (χ0n) is 10.2. The van der Waals surface area contributed by atoms with Gasteiger partial charge in [0.2, 0.25) is 0 Å². The molecule has 0 saturated heterocycles. The van der Waals surface area contributed by atoms with Crippen LogP contribution < -0.4 is 16.6 Å². The number of nitrogens with one attached hydrogen (secondary N) is 2. The molecule has 5 nitrogen and oxygen atoms in total. The van der Waals surface area contributed by atoms with Gasteiger partial charge in [0.15, 0.2) is 0 Å². The van der Waals surface area contributed by atoms with E-state index < -0.39 is 17.9 Å². The van der Waals surface area contributed by atoms with Gasteiger partial charge in [0.1, 0.15) is 0 Å². The van der Waals surface area contributed by atoms with Crippen LogP contribution in [0.2, 0.25) is 5.02 Å². The van der Waals surface area contributed by atoms with Gasteiger partial charge in [0.05, 0.1) is 16.6 Å². The van der Waals surface area contributed by atoms with Crippen LogP contribution in [0.25, 0.3) is 0 Å². The van der Waals surface area contributed by atoms with Gasteiger partial charge in [-0.25, -0.2) is 0 Å². The lowest BCUT2D eigenvalue weighted by Gasteiger charge is -2.15. The van der Waals surface area contributed by atoms with E-state index in [1.54, 1.807) is 24.3 Å². The molecule has 1 rings (SSSR count). The molecular formula is C12H16ClN3O2. The molecule has 1 aromatic rings. The number of hydrazine groups is 1. The number of benzene rings is 1. The fourth-order valence-corrected chi connectivity index (χ4v) is 1.44. The van der Waals surface area contributed by atoms with Crippen LogP contribution in [0.1, 0.15) is 24.2 Å². The normalized spacial score (nSPS) is 12.1. The van der Waals surface area contributed by atoms with Crippen molar-refractivity contribution < 1.29 is 9.59 Å². The summed E-state index contributed by atoms with van der Waals surface area (Å²) in [4.78, 5) is 23.2. The van der Waals surface area contributed by atoms with Gasteiger partial charge in [-0.1, -0.05) is 37.6 Å². The summed E-state index contributed by atoms with van der Waals surface area (Å²) in [6, 6.07) is 5.88. The lowest BCUT2D eigenvalue weighted by atomic mass is 10.1.